The summed E-state index contributed by atoms with van der Waals surface area (Å²) in [6, 6.07) is 0. The van der Waals surface area contributed by atoms with E-state index in [1.54, 1.807) is 12.8 Å². The first-order valence-electron chi connectivity index (χ1n) is 15.1. The summed E-state index contributed by atoms with van der Waals surface area (Å²) in [4.78, 5) is 0. The Morgan fingerprint density at radius 2 is 0.710 bits per heavy atom. The van der Waals surface area contributed by atoms with Gasteiger partial charge in [-0.1, -0.05) is 157 Å². The van der Waals surface area contributed by atoms with E-state index in [1.165, 1.54) is 128 Å². The number of unbranched alkanes of at least 4 members (excludes halogenated alkanes) is 8. The molecule has 0 heterocycles. The van der Waals surface area contributed by atoms with E-state index >= 15 is 0 Å². The van der Waals surface area contributed by atoms with Gasteiger partial charge in [-0.3, -0.25) is 0 Å². The van der Waals surface area contributed by atoms with Crippen molar-refractivity contribution in [3.63, 3.8) is 0 Å². The van der Waals surface area contributed by atoms with Gasteiger partial charge in [0.05, 0.1) is 0 Å². The molecule has 0 aromatic carbocycles. The molecule has 31 heavy (non-hydrogen) atoms. The van der Waals surface area contributed by atoms with Crippen molar-refractivity contribution >= 4 is 0 Å². The van der Waals surface area contributed by atoms with E-state index in [0.29, 0.717) is 5.41 Å². The third-order valence-electron chi connectivity index (χ3n) is 7.85. The molecule has 188 valence electrons. The van der Waals surface area contributed by atoms with Crippen molar-refractivity contribution in [3.8, 4) is 0 Å². The van der Waals surface area contributed by atoms with Gasteiger partial charge in [0.15, 0.2) is 0 Å². The Morgan fingerprint density at radius 3 is 1.00 bits per heavy atom. The fraction of sp³-hybridized carbons (Fsp3) is 1.00. The lowest BCUT2D eigenvalue weighted by atomic mass is 9.65. The van der Waals surface area contributed by atoms with E-state index in [9.17, 15) is 0 Å². The highest BCUT2D eigenvalue weighted by Crippen LogP contribution is 2.46. The van der Waals surface area contributed by atoms with Crippen molar-refractivity contribution in [1.29, 1.82) is 0 Å². The van der Waals surface area contributed by atoms with E-state index in [4.69, 9.17) is 0 Å². The van der Waals surface area contributed by atoms with E-state index in [1.807, 2.05) is 0 Å². The Kier molecular flexibility index (Phi) is 21.8. The fourth-order valence-electron chi connectivity index (χ4n) is 6.38. The van der Waals surface area contributed by atoms with Crippen LogP contribution in [0.4, 0.5) is 0 Å². The molecule has 0 N–H and O–H groups in total. The normalized spacial score (nSPS) is 12.4. The molecule has 0 aliphatic rings. The second-order valence-electron chi connectivity index (χ2n) is 11.1. The predicted octanol–water partition coefficient (Wildman–Crippen LogP) is 11.9. The van der Waals surface area contributed by atoms with Crippen molar-refractivity contribution in [2.75, 3.05) is 0 Å². The molecule has 0 nitrogen and oxygen atoms in total. The van der Waals surface area contributed by atoms with Gasteiger partial charge < -0.3 is 0 Å². The first-order valence-corrected chi connectivity index (χ1v) is 15.1. The molecule has 0 aliphatic heterocycles. The van der Waals surface area contributed by atoms with Crippen LogP contribution in [0, 0.1) is 17.3 Å². The molecular weight excluding hydrogens is 372 g/mol. The van der Waals surface area contributed by atoms with Crippen LogP contribution in [0.2, 0.25) is 0 Å². The van der Waals surface area contributed by atoms with Crippen LogP contribution in [-0.4, -0.2) is 0 Å². The SMILES string of the molecule is CCCCCCCC(CCCCCCC)(CC(CCC)CCC)CC(CCC)CCC. The van der Waals surface area contributed by atoms with Crippen molar-refractivity contribution in [2.24, 2.45) is 17.3 Å². The number of hydrogen-bond acceptors (Lipinski definition) is 0. The van der Waals surface area contributed by atoms with E-state index in [2.05, 4.69) is 41.5 Å². The highest BCUT2D eigenvalue weighted by atomic mass is 14.4. The van der Waals surface area contributed by atoms with Crippen LogP contribution in [0.5, 0.6) is 0 Å². The lowest BCUT2D eigenvalue weighted by Crippen LogP contribution is -2.28. The minimum atomic E-state index is 0.641. The molecule has 0 radical (unpaired) electrons. The standard InChI is InChI=1S/C31H64/c1-7-13-15-17-19-25-31(26-20-18-16-14-8-2,27-29(21-9-3)22-10-4)28-30(23-11-5)24-12-6/h29-30H,7-28H2,1-6H3. The van der Waals surface area contributed by atoms with Gasteiger partial charge in [0, 0.05) is 0 Å². The average Bonchev–Trinajstić information content (AvgIpc) is 2.74. The summed E-state index contributed by atoms with van der Waals surface area (Å²) in [5.41, 5.74) is 0.641. The lowest BCUT2D eigenvalue weighted by molar-refractivity contribution is 0.110. The molecule has 0 rings (SSSR count). The third-order valence-corrected chi connectivity index (χ3v) is 7.85. The molecule has 0 amide bonds. The molecule has 0 aromatic rings. The summed E-state index contributed by atoms with van der Waals surface area (Å²) in [6.07, 6.45) is 32.0. The molecule has 0 spiro atoms. The first-order chi connectivity index (χ1) is 15.1. The van der Waals surface area contributed by atoms with Crippen LogP contribution in [0.15, 0.2) is 0 Å². The lowest BCUT2D eigenvalue weighted by Gasteiger charge is -2.40. The summed E-state index contributed by atoms with van der Waals surface area (Å²) < 4.78 is 0. The van der Waals surface area contributed by atoms with Crippen molar-refractivity contribution in [1.82, 2.24) is 0 Å². The summed E-state index contributed by atoms with van der Waals surface area (Å²) in [5, 5.41) is 0. The van der Waals surface area contributed by atoms with Crippen molar-refractivity contribution < 1.29 is 0 Å². The van der Waals surface area contributed by atoms with Gasteiger partial charge in [-0.25, -0.2) is 0 Å². The van der Waals surface area contributed by atoms with Gasteiger partial charge in [-0.2, -0.15) is 0 Å². The average molecular weight is 437 g/mol. The van der Waals surface area contributed by atoms with Crippen molar-refractivity contribution in [3.05, 3.63) is 0 Å². The maximum Gasteiger partial charge on any atom is -0.0292 e. The minimum absolute atomic E-state index is 0.641. The minimum Gasteiger partial charge on any atom is -0.0654 e. The van der Waals surface area contributed by atoms with E-state index in [-0.39, 0.29) is 0 Å². The molecule has 0 saturated heterocycles. The largest absolute Gasteiger partial charge is 0.0654 e. The second kappa shape index (κ2) is 21.8. The third kappa shape index (κ3) is 16.3. The number of rotatable bonds is 24. The molecule has 0 bridgehead atoms. The molecule has 0 atom stereocenters. The van der Waals surface area contributed by atoms with Crippen LogP contribution < -0.4 is 0 Å². The quantitative estimate of drug-likeness (QED) is 0.132. The van der Waals surface area contributed by atoms with Gasteiger partial charge >= 0.3 is 0 Å². The van der Waals surface area contributed by atoms with Crippen LogP contribution in [-0.2, 0) is 0 Å². The highest BCUT2D eigenvalue weighted by molar-refractivity contribution is 4.85. The topological polar surface area (TPSA) is 0 Å². The molecule has 0 unspecified atom stereocenters. The molecule has 0 heteroatoms. The maximum absolute atomic E-state index is 2.41. The van der Waals surface area contributed by atoms with Crippen LogP contribution >= 0.6 is 0 Å². The molecule has 0 saturated carbocycles. The zero-order valence-corrected chi connectivity index (χ0v) is 23.2. The zero-order valence-electron chi connectivity index (χ0n) is 23.2. The first kappa shape index (κ1) is 31.0. The highest BCUT2D eigenvalue weighted by Gasteiger charge is 2.34. The van der Waals surface area contributed by atoms with Crippen LogP contribution in [0.25, 0.3) is 0 Å². The van der Waals surface area contributed by atoms with Crippen LogP contribution in [0.3, 0.4) is 0 Å². The van der Waals surface area contributed by atoms with E-state index in [0.717, 1.165) is 11.8 Å². The maximum atomic E-state index is 2.41. The predicted molar refractivity (Wildman–Crippen MR) is 145 cm³/mol. The monoisotopic (exact) mass is 437 g/mol. The van der Waals surface area contributed by atoms with Crippen molar-refractivity contribution in [2.45, 2.75) is 183 Å². The van der Waals surface area contributed by atoms with Gasteiger partial charge in [0.1, 0.15) is 0 Å². The van der Waals surface area contributed by atoms with Gasteiger partial charge in [0.25, 0.3) is 0 Å². The summed E-state index contributed by atoms with van der Waals surface area (Å²) in [6.45, 7) is 14.3. The van der Waals surface area contributed by atoms with Gasteiger partial charge in [-0.15, -0.1) is 0 Å². The molecule has 0 aromatic heterocycles. The Bertz CT molecular complexity index is 298. The summed E-state index contributed by atoms with van der Waals surface area (Å²) in [5.74, 6) is 1.95. The van der Waals surface area contributed by atoms with E-state index < -0.39 is 0 Å². The summed E-state index contributed by atoms with van der Waals surface area (Å²) >= 11 is 0. The van der Waals surface area contributed by atoms with Gasteiger partial charge in [-0.05, 0) is 42.9 Å². The second-order valence-corrected chi connectivity index (χ2v) is 11.1. The smallest absolute Gasteiger partial charge is 0.0292 e. The number of hydrogen-bond donors (Lipinski definition) is 0. The molecule has 0 fully saturated rings. The van der Waals surface area contributed by atoms with Crippen LogP contribution in [0.1, 0.15) is 183 Å². The Morgan fingerprint density at radius 1 is 0.387 bits per heavy atom. The molecular formula is C31H64. The van der Waals surface area contributed by atoms with Gasteiger partial charge in [0.2, 0.25) is 0 Å². The Hall–Kier alpha value is 0. The Balaban J connectivity index is 5.45. The summed E-state index contributed by atoms with van der Waals surface area (Å²) in [7, 11) is 0. The molecule has 0 aliphatic carbocycles. The fourth-order valence-corrected chi connectivity index (χ4v) is 6.38. The zero-order chi connectivity index (χ0) is 23.2. The Labute approximate surface area is 200 Å².